The number of aromatic nitrogens is 2. The predicted molar refractivity (Wildman–Crippen MR) is 65.8 cm³/mol. The van der Waals surface area contributed by atoms with Gasteiger partial charge in [-0.2, -0.15) is 0 Å². The highest BCUT2D eigenvalue weighted by Gasteiger charge is 1.90. The van der Waals surface area contributed by atoms with Crippen LogP contribution in [0.5, 0.6) is 5.75 Å². The molecule has 0 atom stereocenters. The Hall–Kier alpha value is -1.48. The summed E-state index contributed by atoms with van der Waals surface area (Å²) in [4.78, 5) is 7.15. The fourth-order valence-electron chi connectivity index (χ4n) is 1.10. The molecule has 0 aliphatic rings. The Morgan fingerprint density at radius 1 is 1.38 bits per heavy atom. The topological polar surface area (TPSA) is 48.9 Å². The molecule has 0 saturated heterocycles. The van der Waals surface area contributed by atoms with Gasteiger partial charge in [-0.25, -0.2) is 4.98 Å². The van der Waals surface area contributed by atoms with Gasteiger partial charge in [0.2, 0.25) is 0 Å². The number of nitrogens with zero attached hydrogens (tertiary/aromatic N) is 1. The summed E-state index contributed by atoms with van der Waals surface area (Å²) >= 11 is 5.46. The Kier molecular flexibility index (Phi) is 4.86. The molecule has 4 heteroatoms. The summed E-state index contributed by atoms with van der Waals surface area (Å²) < 4.78 is 0. The van der Waals surface area contributed by atoms with Gasteiger partial charge in [0.25, 0.3) is 0 Å². The van der Waals surface area contributed by atoms with E-state index in [1.807, 2.05) is 13.1 Å². The number of hydrogen-bond acceptors (Lipinski definition) is 2. The van der Waals surface area contributed by atoms with E-state index in [4.69, 9.17) is 16.7 Å². The molecule has 3 nitrogen and oxygen atoms in total. The first-order chi connectivity index (χ1) is 7.63. The van der Waals surface area contributed by atoms with E-state index in [-0.39, 0.29) is 5.75 Å². The zero-order valence-electron chi connectivity index (χ0n) is 9.37. The summed E-state index contributed by atoms with van der Waals surface area (Å²) in [5, 5.41) is 9.18. The largest absolute Gasteiger partial charge is 0.506 e. The quantitative estimate of drug-likeness (QED) is 0.801. The summed E-state index contributed by atoms with van der Waals surface area (Å²) in [6.07, 6.45) is 2.91. The van der Waals surface area contributed by atoms with Crippen LogP contribution in [0.4, 0.5) is 0 Å². The van der Waals surface area contributed by atoms with Crippen LogP contribution in [0.25, 0.3) is 0 Å². The molecule has 0 amide bonds. The average molecular weight is 239 g/mol. The van der Waals surface area contributed by atoms with Crippen LogP contribution < -0.4 is 0 Å². The van der Waals surface area contributed by atoms with Gasteiger partial charge in [0, 0.05) is 11.9 Å². The van der Waals surface area contributed by atoms with Crippen molar-refractivity contribution in [2.75, 3.05) is 0 Å². The van der Waals surface area contributed by atoms with E-state index in [1.54, 1.807) is 24.3 Å². The number of aromatic hydroxyl groups is 1. The lowest BCUT2D eigenvalue weighted by Crippen LogP contribution is -1.76. The van der Waals surface area contributed by atoms with E-state index >= 15 is 0 Å². The molecule has 1 aromatic carbocycles. The second kappa shape index (κ2) is 6.18. The molecule has 2 aromatic rings. The number of aryl methyl sites for hydroxylation is 2. The lowest BCUT2D eigenvalue weighted by atomic mass is 10.3. The summed E-state index contributed by atoms with van der Waals surface area (Å²) in [6.45, 7) is 4.06. The van der Waals surface area contributed by atoms with Crippen molar-refractivity contribution in [3.63, 3.8) is 0 Å². The number of phenolic OH excluding ortho intramolecular Hbond substituents is 1. The third kappa shape index (κ3) is 3.95. The zero-order chi connectivity index (χ0) is 12.0. The Bertz CT molecular complexity index is 419. The van der Waals surface area contributed by atoms with Crippen molar-refractivity contribution in [2.24, 2.45) is 0 Å². The number of hydrogen-bond donors (Lipinski definition) is 2. The first kappa shape index (κ1) is 12.6. The molecule has 2 N–H and O–H groups in total. The van der Waals surface area contributed by atoms with Crippen molar-refractivity contribution >= 4 is 11.6 Å². The Balaban J connectivity index is 0.000000160. The number of rotatable bonds is 1. The molecule has 2 rings (SSSR count). The van der Waals surface area contributed by atoms with Gasteiger partial charge in [0.05, 0.1) is 5.02 Å². The van der Waals surface area contributed by atoms with E-state index in [1.165, 1.54) is 5.69 Å². The van der Waals surface area contributed by atoms with Crippen molar-refractivity contribution in [1.82, 2.24) is 9.97 Å². The second-order valence-electron chi connectivity index (χ2n) is 3.30. The van der Waals surface area contributed by atoms with Crippen LogP contribution in [0, 0.1) is 6.92 Å². The third-order valence-electron chi connectivity index (χ3n) is 1.99. The minimum Gasteiger partial charge on any atom is -0.506 e. The minimum absolute atomic E-state index is 0.133. The molecular formula is C12H15ClN2O. The molecule has 0 fully saturated rings. The summed E-state index contributed by atoms with van der Waals surface area (Å²) in [7, 11) is 0. The number of phenols is 1. The first-order valence-electron chi connectivity index (χ1n) is 5.07. The molecule has 0 aliphatic carbocycles. The first-order valence-corrected chi connectivity index (χ1v) is 5.45. The Labute approximate surface area is 100 Å². The highest BCUT2D eigenvalue weighted by atomic mass is 35.5. The number of H-pyrrole nitrogens is 1. The van der Waals surface area contributed by atoms with Crippen LogP contribution in [0.1, 0.15) is 18.4 Å². The summed E-state index contributed by atoms with van der Waals surface area (Å²) in [5.41, 5.74) is 1.21. The Morgan fingerprint density at radius 2 is 2.06 bits per heavy atom. The number of imidazole rings is 1. The lowest BCUT2D eigenvalue weighted by molar-refractivity contribution is 0.475. The normalized spacial score (nSPS) is 9.44. The molecule has 86 valence electrons. The second-order valence-corrected chi connectivity index (χ2v) is 3.71. The third-order valence-corrected chi connectivity index (χ3v) is 2.31. The lowest BCUT2D eigenvalue weighted by Gasteiger charge is -1.89. The van der Waals surface area contributed by atoms with Gasteiger partial charge in [-0.05, 0) is 25.5 Å². The van der Waals surface area contributed by atoms with Gasteiger partial charge in [-0.1, -0.05) is 30.7 Å². The van der Waals surface area contributed by atoms with Crippen LogP contribution in [0.2, 0.25) is 5.02 Å². The van der Waals surface area contributed by atoms with Crippen molar-refractivity contribution in [3.8, 4) is 5.75 Å². The number of nitrogens with one attached hydrogen (secondary N) is 1. The average Bonchev–Trinajstić information content (AvgIpc) is 2.70. The van der Waals surface area contributed by atoms with Gasteiger partial charge >= 0.3 is 0 Å². The van der Waals surface area contributed by atoms with E-state index in [0.717, 1.165) is 12.2 Å². The van der Waals surface area contributed by atoms with Crippen LogP contribution in [-0.4, -0.2) is 15.1 Å². The molecule has 0 bridgehead atoms. The maximum Gasteiger partial charge on any atom is 0.134 e. The fourth-order valence-corrected chi connectivity index (χ4v) is 1.24. The van der Waals surface area contributed by atoms with Crippen molar-refractivity contribution in [1.29, 1.82) is 0 Å². The smallest absolute Gasteiger partial charge is 0.134 e. The minimum atomic E-state index is 0.133. The standard InChI is InChI=1S/C6H5ClO.C6H10N2/c7-5-3-1-2-4-6(5)8;1-3-6-4-7-5(2)8-6/h1-4,8H;4H,3H2,1-2H3,(H,7,8). The maximum absolute atomic E-state index is 8.79. The van der Waals surface area contributed by atoms with Crippen LogP contribution in [-0.2, 0) is 6.42 Å². The fraction of sp³-hybridized carbons (Fsp3) is 0.250. The molecule has 1 heterocycles. The monoisotopic (exact) mass is 238 g/mol. The van der Waals surface area contributed by atoms with Crippen LogP contribution in [0.3, 0.4) is 0 Å². The molecule has 0 spiro atoms. The molecule has 0 saturated carbocycles. The highest BCUT2D eigenvalue weighted by molar-refractivity contribution is 6.31. The van der Waals surface area contributed by atoms with Gasteiger partial charge in [0.15, 0.2) is 0 Å². The summed E-state index contributed by atoms with van der Waals surface area (Å²) in [6, 6.07) is 6.67. The van der Waals surface area contributed by atoms with Crippen molar-refractivity contribution in [2.45, 2.75) is 20.3 Å². The number of aromatic amines is 1. The Morgan fingerprint density at radius 3 is 2.38 bits per heavy atom. The molecule has 1 aromatic heterocycles. The van der Waals surface area contributed by atoms with Crippen molar-refractivity contribution < 1.29 is 5.11 Å². The van der Waals surface area contributed by atoms with E-state index in [0.29, 0.717) is 5.02 Å². The van der Waals surface area contributed by atoms with Crippen molar-refractivity contribution in [3.05, 3.63) is 47.0 Å². The number of benzene rings is 1. The van der Waals surface area contributed by atoms with Crippen LogP contribution >= 0.6 is 11.6 Å². The SMILES string of the molecule is CCc1cnc(C)[nH]1.Oc1ccccc1Cl. The van der Waals surface area contributed by atoms with Gasteiger partial charge in [-0.3, -0.25) is 0 Å². The predicted octanol–water partition coefficient (Wildman–Crippen LogP) is 3.33. The zero-order valence-corrected chi connectivity index (χ0v) is 10.1. The molecule has 16 heavy (non-hydrogen) atoms. The van der Waals surface area contributed by atoms with E-state index in [2.05, 4.69) is 16.9 Å². The highest BCUT2D eigenvalue weighted by Crippen LogP contribution is 2.20. The van der Waals surface area contributed by atoms with Gasteiger partial charge in [0.1, 0.15) is 11.6 Å². The van der Waals surface area contributed by atoms with E-state index < -0.39 is 0 Å². The maximum atomic E-state index is 8.79. The van der Waals surface area contributed by atoms with Gasteiger partial charge < -0.3 is 10.1 Å². The molecular weight excluding hydrogens is 224 g/mol. The van der Waals surface area contributed by atoms with Gasteiger partial charge in [-0.15, -0.1) is 0 Å². The van der Waals surface area contributed by atoms with Crippen LogP contribution in [0.15, 0.2) is 30.5 Å². The van der Waals surface area contributed by atoms with E-state index in [9.17, 15) is 0 Å². The number of para-hydroxylation sites is 1. The summed E-state index contributed by atoms with van der Waals surface area (Å²) in [5.74, 6) is 1.14. The molecule has 0 radical (unpaired) electrons. The molecule has 0 aliphatic heterocycles. The number of halogens is 1. The molecule has 0 unspecified atom stereocenters.